The van der Waals surface area contributed by atoms with Crippen LogP contribution in [0.15, 0.2) is 182 Å². The number of nitrogens with zero attached hydrogens (tertiary/aromatic N) is 2. The molecule has 2 atom stereocenters. The van der Waals surface area contributed by atoms with Crippen LogP contribution < -0.4 is 9.80 Å². The van der Waals surface area contributed by atoms with Crippen LogP contribution in [-0.2, 0) is 5.41 Å². The molecule has 0 spiro atoms. The van der Waals surface area contributed by atoms with Crippen molar-refractivity contribution in [1.82, 2.24) is 0 Å². The van der Waals surface area contributed by atoms with E-state index in [0.717, 1.165) is 76.2 Å². The van der Waals surface area contributed by atoms with Gasteiger partial charge in [-0.25, -0.2) is 0 Å². The van der Waals surface area contributed by atoms with Crippen molar-refractivity contribution in [2.75, 3.05) is 9.80 Å². The molecule has 8 rings (SSSR count). The Morgan fingerprint density at radius 2 is 0.812 bits per heavy atom. The van der Waals surface area contributed by atoms with Crippen molar-refractivity contribution in [2.24, 2.45) is 0 Å². The molecule has 2 nitrogen and oxygen atoms in total. The van der Waals surface area contributed by atoms with Crippen molar-refractivity contribution in [3.63, 3.8) is 0 Å². The number of hydrogen-bond donors (Lipinski definition) is 0. The summed E-state index contributed by atoms with van der Waals surface area (Å²) in [6.45, 7) is 8.45. The van der Waals surface area contributed by atoms with Crippen LogP contribution in [-0.4, -0.2) is 12.4 Å². The van der Waals surface area contributed by atoms with Crippen LogP contribution in [0.2, 0.25) is 0 Å². The Kier molecular flexibility index (Phi) is 12.3. The maximum absolute atomic E-state index is 16.2. The third-order valence-electron chi connectivity index (χ3n) is 12.7. The SMILES string of the molecule is CCCC(C)c1ccc(N(c2cccc(C(c3cccc(N(c4ccc(C(C)CC)cc4)c4cccc5ccccc45)c3)(C(F)(F)F)C(F)(F)F)c2)c2cccc3ccccc23)cc1. The van der Waals surface area contributed by atoms with Crippen LogP contribution in [0, 0.1) is 0 Å². The standard InChI is InChI=1S/C56H50F6N2/c1-5-15-39(4)41-30-34-47(35-31-41)64(53-27-12-19-43-17-8-10-25-51(43)53)49-23-14-21-45(37-49)54(55(57,58)59,56(60,61)62)44-20-13-22-48(36-44)63(46-32-28-40(29-33-46)38(3)6-2)52-26-11-18-42-16-7-9-24-50(42)52/h7-14,16-39H,5-6,15H2,1-4H3. The summed E-state index contributed by atoms with van der Waals surface area (Å²) < 4.78 is 97.2. The lowest BCUT2D eigenvalue weighted by molar-refractivity contribution is -0.288. The Morgan fingerprint density at radius 1 is 0.422 bits per heavy atom. The third kappa shape index (κ3) is 8.10. The van der Waals surface area contributed by atoms with Gasteiger partial charge in [0.15, 0.2) is 0 Å². The molecule has 326 valence electrons. The van der Waals surface area contributed by atoms with Gasteiger partial charge in [0.2, 0.25) is 5.41 Å². The fraction of sp³-hybridized carbons (Fsp3) is 0.214. The van der Waals surface area contributed by atoms with Crippen molar-refractivity contribution >= 4 is 55.7 Å². The molecule has 0 aliphatic heterocycles. The molecule has 0 radical (unpaired) electrons. The van der Waals surface area contributed by atoms with E-state index in [1.807, 2.05) is 133 Å². The number of fused-ring (bicyclic) bond motifs is 2. The molecular formula is C56H50F6N2. The van der Waals surface area contributed by atoms with Gasteiger partial charge in [0.25, 0.3) is 0 Å². The summed E-state index contributed by atoms with van der Waals surface area (Å²) in [5.41, 5.74) is -1.46. The molecule has 0 saturated heterocycles. The summed E-state index contributed by atoms with van der Waals surface area (Å²) in [7, 11) is 0. The zero-order valence-corrected chi connectivity index (χ0v) is 36.3. The van der Waals surface area contributed by atoms with E-state index in [2.05, 4.69) is 27.7 Å². The van der Waals surface area contributed by atoms with Crippen molar-refractivity contribution in [1.29, 1.82) is 0 Å². The van der Waals surface area contributed by atoms with E-state index in [4.69, 9.17) is 0 Å². The van der Waals surface area contributed by atoms with E-state index in [9.17, 15) is 0 Å². The van der Waals surface area contributed by atoms with E-state index >= 15 is 26.3 Å². The smallest absolute Gasteiger partial charge is 0.310 e. The van der Waals surface area contributed by atoms with Crippen molar-refractivity contribution < 1.29 is 26.3 Å². The maximum Gasteiger partial charge on any atom is 0.411 e. The van der Waals surface area contributed by atoms with E-state index < -0.39 is 28.9 Å². The number of hydrogen-bond acceptors (Lipinski definition) is 2. The van der Waals surface area contributed by atoms with Gasteiger partial charge in [0, 0.05) is 33.5 Å². The molecule has 0 heterocycles. The number of halogens is 6. The number of benzene rings is 8. The Balaban J connectivity index is 1.34. The minimum absolute atomic E-state index is 0.147. The molecule has 0 fully saturated rings. The number of rotatable bonds is 13. The van der Waals surface area contributed by atoms with E-state index in [1.165, 1.54) is 12.1 Å². The van der Waals surface area contributed by atoms with Crippen LogP contribution in [0.25, 0.3) is 21.5 Å². The molecule has 8 aromatic carbocycles. The van der Waals surface area contributed by atoms with Gasteiger partial charge in [-0.2, -0.15) is 26.3 Å². The third-order valence-corrected chi connectivity index (χ3v) is 12.7. The van der Waals surface area contributed by atoms with Gasteiger partial charge in [0.1, 0.15) is 0 Å². The van der Waals surface area contributed by atoms with E-state index in [-0.39, 0.29) is 23.2 Å². The average Bonchev–Trinajstić information content (AvgIpc) is 3.29. The lowest BCUT2D eigenvalue weighted by Gasteiger charge is -2.39. The van der Waals surface area contributed by atoms with E-state index in [1.54, 1.807) is 21.9 Å². The molecule has 0 saturated carbocycles. The largest absolute Gasteiger partial charge is 0.411 e. The topological polar surface area (TPSA) is 6.48 Å². The molecule has 0 aliphatic carbocycles. The molecule has 0 N–H and O–H groups in total. The zero-order chi connectivity index (χ0) is 45.2. The first-order chi connectivity index (χ1) is 30.8. The minimum Gasteiger partial charge on any atom is -0.310 e. The van der Waals surface area contributed by atoms with Gasteiger partial charge in [0.05, 0.1) is 11.4 Å². The molecular weight excluding hydrogens is 815 g/mol. The maximum atomic E-state index is 16.2. The summed E-state index contributed by atoms with van der Waals surface area (Å²) in [4.78, 5) is 3.49. The number of anilines is 6. The van der Waals surface area contributed by atoms with Crippen molar-refractivity contribution in [2.45, 2.75) is 76.6 Å². The fourth-order valence-electron chi connectivity index (χ4n) is 9.14. The van der Waals surface area contributed by atoms with Crippen molar-refractivity contribution in [3.8, 4) is 0 Å². The molecule has 8 heteroatoms. The van der Waals surface area contributed by atoms with Crippen LogP contribution in [0.1, 0.15) is 81.0 Å². The van der Waals surface area contributed by atoms with Crippen LogP contribution in [0.3, 0.4) is 0 Å². The highest BCUT2D eigenvalue weighted by Gasteiger charge is 2.72. The first-order valence-electron chi connectivity index (χ1n) is 21.9. The van der Waals surface area contributed by atoms with E-state index in [0.29, 0.717) is 22.7 Å². The summed E-state index contributed by atoms with van der Waals surface area (Å²) in [6, 6.07) is 51.5. The lowest BCUT2D eigenvalue weighted by Crippen LogP contribution is -2.54. The Bertz CT molecular complexity index is 2840. The molecule has 0 bridgehead atoms. The average molecular weight is 865 g/mol. The molecule has 64 heavy (non-hydrogen) atoms. The van der Waals surface area contributed by atoms with Crippen LogP contribution in [0.4, 0.5) is 60.5 Å². The second-order valence-corrected chi connectivity index (χ2v) is 16.7. The van der Waals surface area contributed by atoms with Crippen LogP contribution in [0.5, 0.6) is 0 Å². The number of alkyl halides is 6. The van der Waals surface area contributed by atoms with Crippen LogP contribution >= 0.6 is 0 Å². The second-order valence-electron chi connectivity index (χ2n) is 16.7. The highest BCUT2D eigenvalue weighted by Crippen LogP contribution is 2.58. The molecule has 2 unspecified atom stereocenters. The first kappa shape index (κ1) is 44.1. The predicted molar refractivity (Wildman–Crippen MR) is 252 cm³/mol. The summed E-state index contributed by atoms with van der Waals surface area (Å²) in [5.74, 6) is 0.521. The summed E-state index contributed by atoms with van der Waals surface area (Å²) in [6.07, 6.45) is -8.79. The first-order valence-corrected chi connectivity index (χ1v) is 21.9. The van der Waals surface area contributed by atoms with Gasteiger partial charge in [-0.05, 0) is 118 Å². The highest BCUT2D eigenvalue weighted by molar-refractivity contribution is 6.00. The lowest BCUT2D eigenvalue weighted by atomic mass is 9.72. The fourth-order valence-corrected chi connectivity index (χ4v) is 9.14. The zero-order valence-electron chi connectivity index (χ0n) is 36.3. The quantitative estimate of drug-likeness (QED) is 0.107. The van der Waals surface area contributed by atoms with Gasteiger partial charge < -0.3 is 9.80 Å². The summed E-state index contributed by atoms with van der Waals surface area (Å²) >= 11 is 0. The Labute approximate surface area is 371 Å². The molecule has 8 aromatic rings. The van der Waals surface area contributed by atoms with Gasteiger partial charge in [-0.15, -0.1) is 0 Å². The normalized spacial score (nSPS) is 13.2. The van der Waals surface area contributed by atoms with Crippen molar-refractivity contribution in [3.05, 3.63) is 204 Å². The Hall–Kier alpha value is -6.54. The highest BCUT2D eigenvalue weighted by atomic mass is 19.4. The Morgan fingerprint density at radius 3 is 1.22 bits per heavy atom. The van der Waals surface area contributed by atoms with Gasteiger partial charge >= 0.3 is 12.4 Å². The molecule has 0 aromatic heterocycles. The molecule has 0 amide bonds. The van der Waals surface area contributed by atoms with Gasteiger partial charge in [-0.1, -0.05) is 155 Å². The van der Waals surface area contributed by atoms with Gasteiger partial charge in [-0.3, -0.25) is 0 Å². The molecule has 0 aliphatic rings. The summed E-state index contributed by atoms with van der Waals surface area (Å²) in [5, 5.41) is 3.31. The second kappa shape index (κ2) is 17.9. The minimum atomic E-state index is -5.83. The monoisotopic (exact) mass is 864 g/mol. The predicted octanol–water partition coefficient (Wildman–Crippen LogP) is 17.8.